The van der Waals surface area contributed by atoms with Gasteiger partial charge in [-0.2, -0.15) is 5.26 Å². The van der Waals surface area contributed by atoms with Crippen LogP contribution < -0.4 is 9.64 Å². The van der Waals surface area contributed by atoms with E-state index in [0.29, 0.717) is 41.4 Å². The smallest absolute Gasteiger partial charge is 0.361 e. The summed E-state index contributed by atoms with van der Waals surface area (Å²) in [6, 6.07) is 12.7. The SMILES string of the molecule is COc1ccc2c(c1)[N+]([O-])=C(C#N)C(N1CCN(c3ccc([N+](=O)[O-])cc3)CC1)[N+]2=O. The lowest BCUT2D eigenvalue weighted by Crippen LogP contribution is -2.57. The molecule has 2 aromatic carbocycles. The van der Waals surface area contributed by atoms with E-state index in [1.807, 2.05) is 11.0 Å². The van der Waals surface area contributed by atoms with Crippen LogP contribution in [0, 0.1) is 31.6 Å². The zero-order valence-electron chi connectivity index (χ0n) is 16.7. The van der Waals surface area contributed by atoms with Gasteiger partial charge in [-0.1, -0.05) is 0 Å². The number of non-ortho nitro benzene ring substituents is 1. The maximum absolute atomic E-state index is 13.1. The molecule has 2 aliphatic rings. The molecule has 1 fully saturated rings. The Bertz CT molecular complexity index is 1120. The number of nitro benzene ring substituents is 1. The average molecular weight is 423 g/mol. The van der Waals surface area contributed by atoms with Crippen LogP contribution in [0.5, 0.6) is 5.75 Å². The number of hydrogen-bond acceptors (Lipinski definition) is 8. The molecule has 0 saturated carbocycles. The second-order valence-corrected chi connectivity index (χ2v) is 7.14. The highest BCUT2D eigenvalue weighted by Gasteiger charge is 2.51. The molecule has 1 atom stereocenters. The largest absolute Gasteiger partial charge is 0.617 e. The Labute approximate surface area is 177 Å². The van der Waals surface area contributed by atoms with Crippen molar-refractivity contribution in [3.8, 4) is 11.8 Å². The third-order valence-corrected chi connectivity index (χ3v) is 5.52. The number of hydrogen-bond donors (Lipinski definition) is 0. The highest BCUT2D eigenvalue weighted by Crippen LogP contribution is 2.36. The fourth-order valence-corrected chi connectivity index (χ4v) is 3.89. The molecule has 0 radical (unpaired) electrons. The Kier molecular flexibility index (Phi) is 5.22. The number of nitroso groups, excluding NO2 is 1. The molecule has 0 N–H and O–H groups in total. The number of nitriles is 1. The predicted molar refractivity (Wildman–Crippen MR) is 111 cm³/mol. The zero-order chi connectivity index (χ0) is 22.1. The molecule has 1 saturated heterocycles. The van der Waals surface area contributed by atoms with Gasteiger partial charge in [0.25, 0.3) is 11.4 Å². The van der Waals surface area contributed by atoms with Gasteiger partial charge in [0.15, 0.2) is 6.07 Å². The van der Waals surface area contributed by atoms with E-state index in [1.165, 1.54) is 31.4 Å². The first kappa shape index (κ1) is 20.2. The molecule has 31 heavy (non-hydrogen) atoms. The summed E-state index contributed by atoms with van der Waals surface area (Å²) in [5.41, 5.74) is 0.912. The van der Waals surface area contributed by atoms with E-state index in [-0.39, 0.29) is 22.8 Å². The fourth-order valence-electron chi connectivity index (χ4n) is 3.89. The van der Waals surface area contributed by atoms with Gasteiger partial charge in [0.05, 0.1) is 22.9 Å². The molecule has 0 aliphatic carbocycles. The van der Waals surface area contributed by atoms with Crippen LogP contribution in [0.2, 0.25) is 0 Å². The quantitative estimate of drug-likeness (QED) is 0.317. The molecule has 11 nitrogen and oxygen atoms in total. The summed E-state index contributed by atoms with van der Waals surface area (Å²) in [4.78, 5) is 27.3. The van der Waals surface area contributed by atoms with E-state index < -0.39 is 11.1 Å². The lowest BCUT2D eigenvalue weighted by atomic mass is 10.1. The molecule has 1 unspecified atom stereocenters. The molecular formula is C20H19N6O5+. The minimum absolute atomic E-state index is 0.0192. The molecule has 2 heterocycles. The topological polar surface area (TPSA) is 129 Å². The van der Waals surface area contributed by atoms with E-state index in [0.717, 1.165) is 5.69 Å². The first-order valence-electron chi connectivity index (χ1n) is 9.56. The Hall–Kier alpha value is -4.04. The van der Waals surface area contributed by atoms with Gasteiger partial charge in [0.1, 0.15) is 5.75 Å². The maximum Gasteiger partial charge on any atom is 0.361 e. The van der Waals surface area contributed by atoms with Gasteiger partial charge in [-0.15, -0.1) is 4.74 Å². The second-order valence-electron chi connectivity index (χ2n) is 7.14. The van der Waals surface area contributed by atoms with Crippen molar-refractivity contribution in [2.45, 2.75) is 6.17 Å². The first-order valence-corrected chi connectivity index (χ1v) is 9.56. The van der Waals surface area contributed by atoms with Gasteiger partial charge in [-0.25, -0.2) is 4.90 Å². The van der Waals surface area contributed by atoms with Crippen molar-refractivity contribution >= 4 is 28.5 Å². The number of nitro groups is 1. The van der Waals surface area contributed by atoms with Crippen LogP contribution in [0.1, 0.15) is 0 Å². The Morgan fingerprint density at radius 1 is 1.13 bits per heavy atom. The summed E-state index contributed by atoms with van der Waals surface area (Å²) in [5, 5.41) is 33.3. The van der Waals surface area contributed by atoms with Crippen LogP contribution in [0.4, 0.5) is 22.7 Å². The summed E-state index contributed by atoms with van der Waals surface area (Å²) in [6.07, 6.45) is -1.03. The lowest BCUT2D eigenvalue weighted by molar-refractivity contribution is -0.544. The number of anilines is 1. The van der Waals surface area contributed by atoms with Crippen molar-refractivity contribution in [2.75, 3.05) is 38.2 Å². The van der Waals surface area contributed by atoms with Crippen molar-refractivity contribution in [1.82, 2.24) is 4.90 Å². The third-order valence-electron chi connectivity index (χ3n) is 5.52. The molecule has 2 aromatic rings. The summed E-state index contributed by atoms with van der Waals surface area (Å²) in [5.74, 6) is 0.417. The first-order chi connectivity index (χ1) is 14.9. The van der Waals surface area contributed by atoms with Gasteiger partial charge >= 0.3 is 17.6 Å². The molecule has 0 bridgehead atoms. The summed E-state index contributed by atoms with van der Waals surface area (Å²) >= 11 is 0. The van der Waals surface area contributed by atoms with Gasteiger partial charge in [-0.05, 0) is 18.2 Å². The van der Waals surface area contributed by atoms with Gasteiger partial charge in [0, 0.05) is 55.0 Å². The number of nitrogens with zero attached hydrogens (tertiary/aromatic N) is 6. The van der Waals surface area contributed by atoms with E-state index in [1.54, 1.807) is 23.1 Å². The number of ether oxygens (including phenoxy) is 1. The highest BCUT2D eigenvalue weighted by atomic mass is 16.6. The van der Waals surface area contributed by atoms with E-state index in [4.69, 9.17) is 4.74 Å². The number of methoxy groups -OCH3 is 1. The van der Waals surface area contributed by atoms with Gasteiger partial charge in [-0.3, -0.25) is 10.1 Å². The van der Waals surface area contributed by atoms with Crippen molar-refractivity contribution < 1.29 is 19.2 Å². The van der Waals surface area contributed by atoms with Crippen molar-refractivity contribution in [2.24, 2.45) is 0 Å². The van der Waals surface area contributed by atoms with Crippen molar-refractivity contribution in [3.63, 3.8) is 0 Å². The minimum Gasteiger partial charge on any atom is -0.617 e. The molecule has 0 amide bonds. The standard InChI is InChI=1S/C20H19N6O5/c1-31-16-6-7-17-18(12-16)24(27)19(13-21)20(25(17)28)23-10-8-22(9-11-23)14-2-4-15(5-3-14)26(29)30/h2-7,12,20H,8-11H2,1H3/q+1. The van der Waals surface area contributed by atoms with Crippen molar-refractivity contribution in [1.29, 1.82) is 5.26 Å². The Balaban J connectivity index is 1.55. The number of fused-ring (bicyclic) bond motifs is 1. The molecule has 158 valence electrons. The highest BCUT2D eigenvalue weighted by molar-refractivity contribution is 5.99. The summed E-state index contributed by atoms with van der Waals surface area (Å²) < 4.78 is 6.32. The number of rotatable bonds is 4. The van der Waals surface area contributed by atoms with Crippen LogP contribution >= 0.6 is 0 Å². The zero-order valence-corrected chi connectivity index (χ0v) is 16.7. The Morgan fingerprint density at radius 3 is 2.39 bits per heavy atom. The number of piperazine rings is 1. The molecule has 0 spiro atoms. The molecule has 2 aliphatic heterocycles. The third kappa shape index (κ3) is 3.53. The van der Waals surface area contributed by atoms with Gasteiger partial charge in [0.2, 0.25) is 0 Å². The average Bonchev–Trinajstić information content (AvgIpc) is 2.81. The van der Waals surface area contributed by atoms with Crippen LogP contribution in [-0.2, 0) is 0 Å². The fraction of sp³-hybridized carbons (Fsp3) is 0.300. The van der Waals surface area contributed by atoms with E-state index >= 15 is 0 Å². The van der Waals surface area contributed by atoms with E-state index in [9.17, 15) is 25.5 Å². The van der Waals surface area contributed by atoms with Crippen LogP contribution in [-0.4, -0.2) is 64.5 Å². The second kappa shape index (κ2) is 8.00. The van der Waals surface area contributed by atoms with Crippen LogP contribution in [0.15, 0.2) is 42.5 Å². The number of benzene rings is 2. The van der Waals surface area contributed by atoms with Crippen LogP contribution in [0.25, 0.3) is 0 Å². The predicted octanol–water partition coefficient (Wildman–Crippen LogP) is 2.28. The van der Waals surface area contributed by atoms with Gasteiger partial charge < -0.3 is 14.8 Å². The normalized spacial score (nSPS) is 19.0. The lowest BCUT2D eigenvalue weighted by Gasteiger charge is -2.36. The van der Waals surface area contributed by atoms with Crippen LogP contribution in [0.3, 0.4) is 0 Å². The molecule has 0 aromatic heterocycles. The monoisotopic (exact) mass is 423 g/mol. The maximum atomic E-state index is 13.1. The minimum atomic E-state index is -1.03. The summed E-state index contributed by atoms with van der Waals surface area (Å²) in [6.45, 7) is 1.94. The van der Waals surface area contributed by atoms with E-state index in [2.05, 4.69) is 0 Å². The summed E-state index contributed by atoms with van der Waals surface area (Å²) in [7, 11) is 1.46. The molecular weight excluding hydrogens is 404 g/mol. The Morgan fingerprint density at radius 2 is 1.81 bits per heavy atom. The molecule has 11 heteroatoms. The molecule has 4 rings (SSSR count). The van der Waals surface area contributed by atoms with Crippen molar-refractivity contribution in [3.05, 3.63) is 62.7 Å².